The lowest BCUT2D eigenvalue weighted by Crippen LogP contribution is -1.92. The molecule has 0 atom stereocenters. The molecule has 0 unspecified atom stereocenters. The van der Waals surface area contributed by atoms with Crippen LogP contribution in [0.3, 0.4) is 0 Å². The molecule has 0 spiro atoms. The van der Waals surface area contributed by atoms with Crippen molar-refractivity contribution >= 4 is 22.4 Å². The molecule has 0 saturated heterocycles. The second kappa shape index (κ2) is 5.51. The Morgan fingerprint density at radius 1 is 0.957 bits per heavy atom. The van der Waals surface area contributed by atoms with Crippen molar-refractivity contribution in [2.75, 3.05) is 6.79 Å². The fourth-order valence-electron chi connectivity index (χ4n) is 2.80. The van der Waals surface area contributed by atoms with Crippen LogP contribution in [0.5, 0.6) is 11.5 Å². The lowest BCUT2D eigenvalue weighted by Gasteiger charge is -2.06. The van der Waals surface area contributed by atoms with Crippen LogP contribution >= 0.6 is 0 Å². The lowest BCUT2D eigenvalue weighted by atomic mass is 9.97. The largest absolute Gasteiger partial charge is 0.454 e. The first-order chi connectivity index (χ1) is 11.3. The highest BCUT2D eigenvalue weighted by Crippen LogP contribution is 2.34. The molecule has 0 radical (unpaired) electrons. The van der Waals surface area contributed by atoms with E-state index in [0.717, 1.165) is 27.6 Å². The molecule has 110 valence electrons. The van der Waals surface area contributed by atoms with E-state index in [1.165, 1.54) is 0 Å². The summed E-state index contributed by atoms with van der Waals surface area (Å²) in [7, 11) is 0. The molecule has 0 aliphatic carbocycles. The Labute approximate surface area is 134 Å². The van der Waals surface area contributed by atoms with E-state index in [4.69, 9.17) is 9.47 Å². The Hall–Kier alpha value is -3.25. The number of fused-ring (bicyclic) bond motifs is 2. The molecule has 3 heteroatoms. The van der Waals surface area contributed by atoms with Crippen molar-refractivity contribution in [2.45, 2.75) is 0 Å². The van der Waals surface area contributed by atoms with E-state index in [2.05, 4.69) is 18.2 Å². The molecule has 0 aromatic heterocycles. The molecule has 0 fully saturated rings. The van der Waals surface area contributed by atoms with E-state index < -0.39 is 0 Å². The molecule has 1 aliphatic rings. The summed E-state index contributed by atoms with van der Waals surface area (Å²) < 4.78 is 10.7. The van der Waals surface area contributed by atoms with Crippen molar-refractivity contribution in [3.05, 3.63) is 71.8 Å². The monoisotopic (exact) mass is 299 g/mol. The van der Waals surface area contributed by atoms with Crippen LogP contribution < -0.4 is 9.47 Å². The number of nitrogens with zero attached hydrogens (tertiary/aromatic N) is 1. The third-order valence-electron chi connectivity index (χ3n) is 3.91. The van der Waals surface area contributed by atoms with Gasteiger partial charge in [-0.05, 0) is 34.5 Å². The van der Waals surface area contributed by atoms with E-state index >= 15 is 0 Å². The molecule has 23 heavy (non-hydrogen) atoms. The molecule has 3 aromatic carbocycles. The van der Waals surface area contributed by atoms with Gasteiger partial charge in [0.2, 0.25) is 6.79 Å². The minimum absolute atomic E-state index is 0.247. The van der Waals surface area contributed by atoms with Crippen molar-refractivity contribution in [3.8, 4) is 17.6 Å². The number of ether oxygens (including phenoxy) is 2. The van der Waals surface area contributed by atoms with Crippen LogP contribution in [-0.4, -0.2) is 6.79 Å². The van der Waals surface area contributed by atoms with E-state index in [9.17, 15) is 5.26 Å². The van der Waals surface area contributed by atoms with Crippen LogP contribution in [0.25, 0.3) is 22.4 Å². The highest BCUT2D eigenvalue weighted by atomic mass is 16.7. The van der Waals surface area contributed by atoms with Crippen LogP contribution in [0.2, 0.25) is 0 Å². The van der Waals surface area contributed by atoms with Gasteiger partial charge in [0.15, 0.2) is 11.5 Å². The average Bonchev–Trinajstić information content (AvgIpc) is 3.07. The molecule has 0 saturated carbocycles. The first kappa shape index (κ1) is 13.4. The average molecular weight is 299 g/mol. The fourth-order valence-corrected chi connectivity index (χ4v) is 2.80. The quantitative estimate of drug-likeness (QED) is 0.511. The van der Waals surface area contributed by atoms with Gasteiger partial charge in [0, 0.05) is 5.56 Å². The summed E-state index contributed by atoms with van der Waals surface area (Å²) in [6, 6.07) is 22.1. The van der Waals surface area contributed by atoms with Crippen LogP contribution in [0.15, 0.2) is 60.7 Å². The summed E-state index contributed by atoms with van der Waals surface area (Å²) in [6.07, 6.45) is 1.88. The van der Waals surface area contributed by atoms with Crippen LogP contribution in [0, 0.1) is 11.3 Å². The van der Waals surface area contributed by atoms with Gasteiger partial charge in [-0.1, -0.05) is 48.5 Å². The SMILES string of the molecule is N#C/C(=C/c1ccc2c(c1)OCO2)c1cccc2ccccc12. The molecular formula is C20H13NO2. The third-order valence-corrected chi connectivity index (χ3v) is 3.91. The third kappa shape index (κ3) is 2.41. The summed E-state index contributed by atoms with van der Waals surface area (Å²) in [5, 5.41) is 11.8. The molecular weight excluding hydrogens is 286 g/mol. The molecule has 0 N–H and O–H groups in total. The van der Waals surface area contributed by atoms with E-state index in [-0.39, 0.29) is 6.79 Å². The zero-order valence-corrected chi connectivity index (χ0v) is 12.3. The topological polar surface area (TPSA) is 42.2 Å². The Morgan fingerprint density at radius 2 is 1.78 bits per heavy atom. The van der Waals surface area contributed by atoms with Gasteiger partial charge in [0.1, 0.15) is 0 Å². The van der Waals surface area contributed by atoms with Gasteiger partial charge < -0.3 is 9.47 Å². The van der Waals surface area contributed by atoms with E-state index in [1.807, 2.05) is 54.6 Å². The summed E-state index contributed by atoms with van der Waals surface area (Å²) in [5.41, 5.74) is 2.47. The maximum absolute atomic E-state index is 9.62. The molecule has 0 amide bonds. The number of hydrogen-bond acceptors (Lipinski definition) is 3. The Bertz CT molecular complexity index is 962. The number of allylic oxidation sites excluding steroid dienone is 1. The highest BCUT2D eigenvalue weighted by molar-refractivity contribution is 6.01. The lowest BCUT2D eigenvalue weighted by molar-refractivity contribution is 0.174. The van der Waals surface area contributed by atoms with E-state index in [1.54, 1.807) is 0 Å². The van der Waals surface area contributed by atoms with Crippen LogP contribution in [0.4, 0.5) is 0 Å². The van der Waals surface area contributed by atoms with E-state index in [0.29, 0.717) is 11.3 Å². The molecule has 0 bridgehead atoms. The van der Waals surface area contributed by atoms with Crippen molar-refractivity contribution in [2.24, 2.45) is 0 Å². The van der Waals surface area contributed by atoms with Gasteiger partial charge in [-0.3, -0.25) is 0 Å². The van der Waals surface area contributed by atoms with Gasteiger partial charge in [-0.25, -0.2) is 0 Å². The minimum atomic E-state index is 0.247. The standard InChI is InChI=1S/C20H13NO2/c21-12-16(10-14-8-9-19-20(11-14)23-13-22-19)18-7-3-5-15-4-1-2-6-17(15)18/h1-11H,13H2/b16-10-. The summed E-state index contributed by atoms with van der Waals surface area (Å²) in [5.74, 6) is 1.46. The van der Waals surface area contributed by atoms with Gasteiger partial charge >= 0.3 is 0 Å². The Morgan fingerprint density at radius 3 is 2.70 bits per heavy atom. The van der Waals surface area contributed by atoms with Gasteiger partial charge in [0.05, 0.1) is 11.6 Å². The molecule has 1 aliphatic heterocycles. The first-order valence-electron chi connectivity index (χ1n) is 7.35. The number of rotatable bonds is 2. The van der Waals surface area contributed by atoms with Crippen molar-refractivity contribution in [1.82, 2.24) is 0 Å². The second-order valence-electron chi connectivity index (χ2n) is 5.31. The first-order valence-corrected chi connectivity index (χ1v) is 7.35. The molecule has 3 nitrogen and oxygen atoms in total. The van der Waals surface area contributed by atoms with Crippen molar-refractivity contribution < 1.29 is 9.47 Å². The Balaban J connectivity index is 1.83. The molecule has 4 rings (SSSR count). The van der Waals surface area contributed by atoms with Crippen LogP contribution in [-0.2, 0) is 0 Å². The molecule has 1 heterocycles. The number of benzene rings is 3. The summed E-state index contributed by atoms with van der Waals surface area (Å²) in [6.45, 7) is 0.247. The fraction of sp³-hybridized carbons (Fsp3) is 0.0500. The highest BCUT2D eigenvalue weighted by Gasteiger charge is 2.13. The summed E-state index contributed by atoms with van der Waals surface area (Å²) >= 11 is 0. The van der Waals surface area contributed by atoms with Gasteiger partial charge in [0.25, 0.3) is 0 Å². The number of nitriles is 1. The normalized spacial score (nSPS) is 13.1. The van der Waals surface area contributed by atoms with Gasteiger partial charge in [-0.2, -0.15) is 5.26 Å². The van der Waals surface area contributed by atoms with Gasteiger partial charge in [-0.15, -0.1) is 0 Å². The zero-order chi connectivity index (χ0) is 15.6. The maximum atomic E-state index is 9.62. The predicted octanol–water partition coefficient (Wildman–Crippen LogP) is 4.63. The second-order valence-corrected chi connectivity index (χ2v) is 5.31. The van der Waals surface area contributed by atoms with Crippen molar-refractivity contribution in [3.63, 3.8) is 0 Å². The minimum Gasteiger partial charge on any atom is -0.454 e. The molecule has 3 aromatic rings. The van der Waals surface area contributed by atoms with Crippen LogP contribution in [0.1, 0.15) is 11.1 Å². The maximum Gasteiger partial charge on any atom is 0.231 e. The number of hydrogen-bond donors (Lipinski definition) is 0. The summed E-state index contributed by atoms with van der Waals surface area (Å²) in [4.78, 5) is 0. The Kier molecular flexibility index (Phi) is 3.21. The van der Waals surface area contributed by atoms with Crippen molar-refractivity contribution in [1.29, 1.82) is 5.26 Å². The smallest absolute Gasteiger partial charge is 0.231 e. The zero-order valence-electron chi connectivity index (χ0n) is 12.3. The predicted molar refractivity (Wildman–Crippen MR) is 90.0 cm³/mol.